The molecule has 27 heavy (non-hydrogen) atoms. The second-order valence-corrected chi connectivity index (χ2v) is 8.44. The molecule has 0 bridgehead atoms. The van der Waals surface area contributed by atoms with E-state index in [1.165, 1.54) is 0 Å². The van der Waals surface area contributed by atoms with Crippen LogP contribution >= 0.6 is 0 Å². The molecule has 6 heteroatoms. The van der Waals surface area contributed by atoms with Gasteiger partial charge in [-0.15, -0.1) is 0 Å². The molecule has 0 amide bonds. The third kappa shape index (κ3) is 5.47. The van der Waals surface area contributed by atoms with E-state index < -0.39 is 10.0 Å². The molecular formula is C21H29NO4S. The highest BCUT2D eigenvalue weighted by atomic mass is 32.2. The fourth-order valence-electron chi connectivity index (χ4n) is 2.80. The molecule has 0 aliphatic heterocycles. The van der Waals surface area contributed by atoms with Gasteiger partial charge in [0, 0.05) is 6.04 Å². The van der Waals surface area contributed by atoms with Crippen molar-refractivity contribution in [3.05, 3.63) is 53.6 Å². The van der Waals surface area contributed by atoms with Crippen molar-refractivity contribution in [3.8, 4) is 11.5 Å². The normalized spacial score (nSPS) is 12.8. The molecular weight excluding hydrogens is 362 g/mol. The van der Waals surface area contributed by atoms with Crippen LogP contribution in [0.3, 0.4) is 0 Å². The number of aryl methyl sites for hydroxylation is 1. The van der Waals surface area contributed by atoms with Crippen LogP contribution in [-0.2, 0) is 10.0 Å². The van der Waals surface area contributed by atoms with Crippen LogP contribution in [0.15, 0.2) is 47.4 Å². The summed E-state index contributed by atoms with van der Waals surface area (Å²) < 4.78 is 39.8. The van der Waals surface area contributed by atoms with Gasteiger partial charge in [0.2, 0.25) is 10.0 Å². The molecule has 0 radical (unpaired) electrons. The van der Waals surface area contributed by atoms with Gasteiger partial charge in [-0.3, -0.25) is 0 Å². The summed E-state index contributed by atoms with van der Waals surface area (Å²) in [5.74, 6) is 1.33. The predicted octanol–water partition coefficient (Wildman–Crippen LogP) is 4.47. The Morgan fingerprint density at radius 2 is 1.52 bits per heavy atom. The Kier molecular flexibility index (Phi) is 7.27. The van der Waals surface area contributed by atoms with Crippen molar-refractivity contribution < 1.29 is 17.9 Å². The highest BCUT2D eigenvalue weighted by Crippen LogP contribution is 2.33. The molecule has 2 rings (SSSR count). The Bertz CT molecular complexity index is 845. The van der Waals surface area contributed by atoms with E-state index >= 15 is 0 Å². The van der Waals surface area contributed by atoms with Gasteiger partial charge in [0.05, 0.1) is 18.1 Å². The summed E-state index contributed by atoms with van der Waals surface area (Å²) in [7, 11) is -3.64. The number of benzene rings is 2. The van der Waals surface area contributed by atoms with Gasteiger partial charge in [-0.1, -0.05) is 37.6 Å². The van der Waals surface area contributed by atoms with E-state index in [1.807, 2.05) is 52.8 Å². The Morgan fingerprint density at radius 1 is 0.926 bits per heavy atom. The number of nitrogens with one attached hydrogen (secondary N) is 1. The van der Waals surface area contributed by atoms with Gasteiger partial charge in [-0.2, -0.15) is 0 Å². The first-order valence-electron chi connectivity index (χ1n) is 9.27. The van der Waals surface area contributed by atoms with E-state index in [-0.39, 0.29) is 16.9 Å². The van der Waals surface area contributed by atoms with E-state index in [1.54, 1.807) is 24.3 Å². The summed E-state index contributed by atoms with van der Waals surface area (Å²) in [4.78, 5) is 0.259. The van der Waals surface area contributed by atoms with Gasteiger partial charge in [0.1, 0.15) is 0 Å². The molecule has 1 unspecified atom stereocenters. The minimum Gasteiger partial charge on any atom is -0.490 e. The van der Waals surface area contributed by atoms with Crippen LogP contribution in [0.4, 0.5) is 0 Å². The van der Waals surface area contributed by atoms with E-state index in [4.69, 9.17) is 9.47 Å². The Balaban J connectivity index is 2.37. The minimum atomic E-state index is -3.64. The number of hydrogen-bond donors (Lipinski definition) is 1. The lowest BCUT2D eigenvalue weighted by Crippen LogP contribution is -2.31. The van der Waals surface area contributed by atoms with E-state index in [2.05, 4.69) is 4.72 Å². The second-order valence-electron chi connectivity index (χ2n) is 6.73. The summed E-state index contributed by atoms with van der Waals surface area (Å²) in [5, 5.41) is 0. The van der Waals surface area contributed by atoms with Gasteiger partial charge in [0.25, 0.3) is 0 Å². The number of hydrogen-bond acceptors (Lipinski definition) is 4. The molecule has 2 aromatic rings. The average molecular weight is 392 g/mol. The molecule has 0 fully saturated rings. The summed E-state index contributed by atoms with van der Waals surface area (Å²) in [6.45, 7) is 10.8. The summed E-state index contributed by atoms with van der Waals surface area (Å²) in [6, 6.07) is 12.0. The maximum Gasteiger partial charge on any atom is 0.241 e. The Labute approximate surface area is 162 Å². The fraction of sp³-hybridized carbons (Fsp3) is 0.429. The molecule has 0 aliphatic rings. The second kappa shape index (κ2) is 9.24. The lowest BCUT2D eigenvalue weighted by atomic mass is 9.97. The van der Waals surface area contributed by atoms with Crippen molar-refractivity contribution in [1.29, 1.82) is 0 Å². The van der Waals surface area contributed by atoms with Crippen LogP contribution in [0, 0.1) is 12.8 Å². The smallest absolute Gasteiger partial charge is 0.241 e. The lowest BCUT2D eigenvalue weighted by Gasteiger charge is -2.24. The third-order valence-corrected chi connectivity index (χ3v) is 5.66. The maximum absolute atomic E-state index is 12.8. The number of ether oxygens (including phenoxy) is 2. The van der Waals surface area contributed by atoms with Gasteiger partial charge >= 0.3 is 0 Å². The van der Waals surface area contributed by atoms with Gasteiger partial charge in [-0.25, -0.2) is 13.1 Å². The first-order chi connectivity index (χ1) is 12.8. The number of rotatable bonds is 9. The van der Waals surface area contributed by atoms with Crippen LogP contribution < -0.4 is 14.2 Å². The Hall–Kier alpha value is -2.05. The minimum absolute atomic E-state index is 0.0534. The SMILES string of the molecule is CCOc1ccc(C(NS(=O)(=O)c2ccc(C)cc2)C(C)C)cc1OCC. The molecule has 0 saturated carbocycles. The lowest BCUT2D eigenvalue weighted by molar-refractivity contribution is 0.287. The topological polar surface area (TPSA) is 64.6 Å². The number of sulfonamides is 1. The third-order valence-electron chi connectivity index (χ3n) is 4.21. The standard InChI is InChI=1S/C21H29NO4S/c1-6-25-19-13-10-17(14-20(19)26-7-2)21(15(3)4)22-27(23,24)18-11-8-16(5)9-12-18/h8-15,21-22H,6-7H2,1-5H3. The molecule has 0 saturated heterocycles. The molecule has 0 aromatic heterocycles. The quantitative estimate of drug-likeness (QED) is 0.685. The van der Waals surface area contributed by atoms with E-state index in [0.29, 0.717) is 24.7 Å². The zero-order valence-electron chi connectivity index (χ0n) is 16.7. The zero-order chi connectivity index (χ0) is 20.0. The fourth-order valence-corrected chi connectivity index (χ4v) is 4.18. The summed E-state index contributed by atoms with van der Waals surface area (Å²) in [6.07, 6.45) is 0. The largest absolute Gasteiger partial charge is 0.490 e. The molecule has 5 nitrogen and oxygen atoms in total. The van der Waals surface area contributed by atoms with Gasteiger partial charge < -0.3 is 9.47 Å². The summed E-state index contributed by atoms with van der Waals surface area (Å²) >= 11 is 0. The van der Waals surface area contributed by atoms with Crippen LogP contribution in [0.2, 0.25) is 0 Å². The first-order valence-corrected chi connectivity index (χ1v) is 10.7. The van der Waals surface area contributed by atoms with E-state index in [9.17, 15) is 8.42 Å². The molecule has 1 N–H and O–H groups in total. The zero-order valence-corrected chi connectivity index (χ0v) is 17.5. The monoisotopic (exact) mass is 391 g/mol. The molecule has 1 atom stereocenters. The van der Waals surface area contributed by atoms with Crippen LogP contribution in [-0.4, -0.2) is 21.6 Å². The average Bonchev–Trinajstić information content (AvgIpc) is 2.62. The molecule has 0 spiro atoms. The van der Waals surface area contributed by atoms with Crippen LogP contribution in [0.5, 0.6) is 11.5 Å². The van der Waals surface area contributed by atoms with E-state index in [0.717, 1.165) is 11.1 Å². The highest BCUT2D eigenvalue weighted by Gasteiger charge is 2.25. The van der Waals surface area contributed by atoms with Gasteiger partial charge in [-0.05, 0) is 56.5 Å². The first kappa shape index (κ1) is 21.3. The molecule has 0 aliphatic carbocycles. The van der Waals surface area contributed by atoms with Crippen molar-refractivity contribution in [2.24, 2.45) is 5.92 Å². The van der Waals surface area contributed by atoms with Crippen molar-refractivity contribution >= 4 is 10.0 Å². The van der Waals surface area contributed by atoms with Crippen molar-refractivity contribution in [2.75, 3.05) is 13.2 Å². The molecule has 0 heterocycles. The van der Waals surface area contributed by atoms with Gasteiger partial charge in [0.15, 0.2) is 11.5 Å². The Morgan fingerprint density at radius 3 is 2.07 bits per heavy atom. The summed E-state index contributed by atoms with van der Waals surface area (Å²) in [5.41, 5.74) is 1.86. The van der Waals surface area contributed by atoms with Crippen molar-refractivity contribution in [2.45, 2.75) is 45.6 Å². The highest BCUT2D eigenvalue weighted by molar-refractivity contribution is 7.89. The molecule has 148 valence electrons. The maximum atomic E-state index is 12.8. The van der Waals surface area contributed by atoms with Crippen molar-refractivity contribution in [1.82, 2.24) is 4.72 Å². The van der Waals surface area contributed by atoms with Crippen LogP contribution in [0.1, 0.15) is 44.9 Å². The van der Waals surface area contributed by atoms with Crippen LogP contribution in [0.25, 0.3) is 0 Å². The molecule has 2 aromatic carbocycles. The predicted molar refractivity (Wildman–Crippen MR) is 108 cm³/mol. The van der Waals surface area contributed by atoms with Crippen molar-refractivity contribution in [3.63, 3.8) is 0 Å².